The Morgan fingerprint density at radius 3 is 2.45 bits per heavy atom. The molecule has 4 heteroatoms. The number of carbonyl (C=O) groups is 1. The molecule has 0 aliphatic heterocycles. The lowest BCUT2D eigenvalue weighted by Gasteiger charge is -2.35. The number of nitrogens with one attached hydrogen (secondary N) is 1. The average Bonchev–Trinajstić information content (AvgIpc) is 3.27. The third-order valence-corrected chi connectivity index (χ3v) is 7.54. The molecule has 1 amide bonds. The zero-order valence-corrected chi connectivity index (χ0v) is 17.5. The molecular formula is C25H27N3O. The number of anilines is 1. The quantitative estimate of drug-likeness (QED) is 0.637. The number of hydrogen-bond donors (Lipinski definition) is 1. The minimum absolute atomic E-state index is 0.0121. The molecule has 2 aromatic carbocycles. The van der Waals surface area contributed by atoms with Crippen molar-refractivity contribution in [2.24, 2.45) is 5.41 Å². The fourth-order valence-electron chi connectivity index (χ4n) is 5.47. The van der Waals surface area contributed by atoms with E-state index in [1.807, 2.05) is 54.1 Å². The van der Waals surface area contributed by atoms with Gasteiger partial charge in [0.1, 0.15) is 0 Å². The van der Waals surface area contributed by atoms with Crippen LogP contribution in [0, 0.1) is 12.3 Å². The molecule has 1 N–H and O–H groups in total. The number of hydrogen-bond acceptors (Lipinski definition) is 2. The number of aryl methyl sites for hydroxylation is 1. The van der Waals surface area contributed by atoms with E-state index in [4.69, 9.17) is 5.10 Å². The number of nitrogens with zero attached hydrogens (tertiary/aromatic N) is 2. The fraction of sp³-hybridized carbons (Fsp3) is 0.360. The van der Waals surface area contributed by atoms with Gasteiger partial charge in [0.2, 0.25) is 0 Å². The predicted molar refractivity (Wildman–Crippen MR) is 116 cm³/mol. The highest BCUT2D eigenvalue weighted by atomic mass is 16.2. The molecule has 5 rings (SSSR count). The summed E-state index contributed by atoms with van der Waals surface area (Å²) >= 11 is 0. The Hall–Kier alpha value is -2.88. The van der Waals surface area contributed by atoms with Gasteiger partial charge in [-0.2, -0.15) is 5.10 Å². The summed E-state index contributed by atoms with van der Waals surface area (Å²) in [4.78, 5) is 13.3. The highest BCUT2D eigenvalue weighted by Crippen LogP contribution is 2.68. The molecule has 148 valence electrons. The van der Waals surface area contributed by atoms with Crippen molar-refractivity contribution >= 4 is 11.6 Å². The van der Waals surface area contributed by atoms with Crippen LogP contribution in [0.5, 0.6) is 0 Å². The smallest absolute Gasteiger partial charge is 0.276 e. The van der Waals surface area contributed by atoms with E-state index in [0.29, 0.717) is 11.6 Å². The van der Waals surface area contributed by atoms with Crippen LogP contribution < -0.4 is 5.32 Å². The van der Waals surface area contributed by atoms with Crippen molar-refractivity contribution in [3.8, 4) is 5.69 Å². The largest absolute Gasteiger partial charge is 0.321 e. The standard InChI is InChI=1S/C25H27N3O/c1-16-10-12-17(13-11-16)26-23(29)21-20-19-14-15-25(4,24(19,2)3)22(20)28(27-21)18-8-6-5-7-9-18/h5-13,19H,14-15H2,1-4H3,(H,26,29)/t19-,25+/m1/s1. The van der Waals surface area contributed by atoms with Crippen molar-refractivity contribution in [1.82, 2.24) is 9.78 Å². The molecule has 0 radical (unpaired) electrons. The van der Waals surface area contributed by atoms with Crippen LogP contribution in [-0.4, -0.2) is 15.7 Å². The molecule has 1 fully saturated rings. The van der Waals surface area contributed by atoms with Gasteiger partial charge in [0.05, 0.1) is 11.4 Å². The van der Waals surface area contributed by atoms with Crippen LogP contribution in [0.3, 0.4) is 0 Å². The molecule has 3 aromatic rings. The summed E-state index contributed by atoms with van der Waals surface area (Å²) in [5, 5.41) is 7.94. The van der Waals surface area contributed by atoms with Crippen molar-refractivity contribution < 1.29 is 4.79 Å². The van der Waals surface area contributed by atoms with Crippen LogP contribution in [0.25, 0.3) is 5.69 Å². The minimum atomic E-state index is -0.119. The van der Waals surface area contributed by atoms with E-state index in [1.165, 1.54) is 11.3 Å². The third kappa shape index (κ3) is 2.44. The Morgan fingerprint density at radius 2 is 1.76 bits per heavy atom. The number of fused-ring (bicyclic) bond motifs is 5. The number of aromatic nitrogens is 2. The van der Waals surface area contributed by atoms with E-state index in [0.717, 1.165) is 29.8 Å². The molecule has 2 aliphatic rings. The van der Waals surface area contributed by atoms with Crippen LogP contribution in [-0.2, 0) is 5.41 Å². The molecule has 0 saturated heterocycles. The first-order valence-corrected chi connectivity index (χ1v) is 10.4. The highest BCUT2D eigenvalue weighted by Gasteiger charge is 2.63. The number of rotatable bonds is 3. The molecule has 0 unspecified atom stereocenters. The van der Waals surface area contributed by atoms with Crippen molar-refractivity contribution in [2.75, 3.05) is 5.32 Å². The molecule has 2 aliphatic carbocycles. The van der Waals surface area contributed by atoms with Gasteiger partial charge in [-0.05, 0) is 55.4 Å². The van der Waals surface area contributed by atoms with Gasteiger partial charge in [-0.1, -0.05) is 56.7 Å². The summed E-state index contributed by atoms with van der Waals surface area (Å²) in [6.07, 6.45) is 2.25. The molecular weight excluding hydrogens is 358 g/mol. The lowest BCUT2D eigenvalue weighted by atomic mass is 9.70. The van der Waals surface area contributed by atoms with Crippen molar-refractivity contribution in [1.29, 1.82) is 0 Å². The molecule has 2 atom stereocenters. The second-order valence-electron chi connectivity index (χ2n) is 9.32. The van der Waals surface area contributed by atoms with Gasteiger partial charge >= 0.3 is 0 Å². The monoisotopic (exact) mass is 385 g/mol. The van der Waals surface area contributed by atoms with E-state index < -0.39 is 0 Å². The summed E-state index contributed by atoms with van der Waals surface area (Å²) in [5.74, 6) is 0.241. The van der Waals surface area contributed by atoms with Crippen molar-refractivity contribution in [3.05, 3.63) is 77.1 Å². The third-order valence-electron chi connectivity index (χ3n) is 7.54. The summed E-state index contributed by atoms with van der Waals surface area (Å²) < 4.78 is 2.03. The molecule has 2 bridgehead atoms. The Balaban J connectivity index is 1.65. The summed E-state index contributed by atoms with van der Waals surface area (Å²) in [7, 11) is 0. The van der Waals surface area contributed by atoms with Crippen LogP contribution in [0.1, 0.15) is 66.8 Å². The molecule has 29 heavy (non-hydrogen) atoms. The zero-order valence-electron chi connectivity index (χ0n) is 17.5. The van der Waals surface area contributed by atoms with Gasteiger partial charge < -0.3 is 5.32 Å². The Labute approximate surface area is 172 Å². The maximum absolute atomic E-state index is 13.3. The van der Waals surface area contributed by atoms with Crippen LogP contribution in [0.2, 0.25) is 0 Å². The fourth-order valence-corrected chi connectivity index (χ4v) is 5.47. The first kappa shape index (κ1) is 18.2. The number of para-hydroxylation sites is 1. The number of amides is 1. The Bertz CT molecular complexity index is 1100. The van der Waals surface area contributed by atoms with Gasteiger partial charge in [-0.3, -0.25) is 4.79 Å². The van der Waals surface area contributed by atoms with Gasteiger partial charge in [-0.15, -0.1) is 0 Å². The topological polar surface area (TPSA) is 46.9 Å². The Morgan fingerprint density at radius 1 is 1.07 bits per heavy atom. The van der Waals surface area contributed by atoms with E-state index in [-0.39, 0.29) is 16.7 Å². The molecule has 1 aromatic heterocycles. The van der Waals surface area contributed by atoms with Gasteiger partial charge in [0.25, 0.3) is 5.91 Å². The molecule has 0 spiro atoms. The zero-order chi connectivity index (χ0) is 20.4. The maximum Gasteiger partial charge on any atom is 0.276 e. The second kappa shape index (κ2) is 6.06. The Kier molecular flexibility index (Phi) is 3.79. The second-order valence-corrected chi connectivity index (χ2v) is 9.32. The van der Waals surface area contributed by atoms with Gasteiger partial charge in [-0.25, -0.2) is 4.68 Å². The predicted octanol–water partition coefficient (Wildman–Crippen LogP) is 5.61. The summed E-state index contributed by atoms with van der Waals surface area (Å²) in [6.45, 7) is 9.09. The lowest BCUT2D eigenvalue weighted by Crippen LogP contribution is -2.33. The van der Waals surface area contributed by atoms with Crippen molar-refractivity contribution in [3.63, 3.8) is 0 Å². The average molecular weight is 386 g/mol. The summed E-state index contributed by atoms with van der Waals surface area (Å²) in [5.41, 5.74) is 6.06. The van der Waals surface area contributed by atoms with Gasteiger partial charge in [0.15, 0.2) is 5.69 Å². The van der Waals surface area contributed by atoms with E-state index in [9.17, 15) is 4.79 Å². The molecule has 1 saturated carbocycles. The minimum Gasteiger partial charge on any atom is -0.321 e. The maximum atomic E-state index is 13.3. The SMILES string of the molecule is Cc1ccc(NC(=O)c2nn(-c3ccccc3)c3c2[C@H]2CC[C@]3(C)C2(C)C)cc1. The molecule has 1 heterocycles. The lowest BCUT2D eigenvalue weighted by molar-refractivity contribution is 0.101. The van der Waals surface area contributed by atoms with Gasteiger partial charge in [0, 0.05) is 16.7 Å². The van der Waals surface area contributed by atoms with Crippen LogP contribution in [0.4, 0.5) is 5.69 Å². The van der Waals surface area contributed by atoms with E-state index >= 15 is 0 Å². The first-order chi connectivity index (χ1) is 13.8. The first-order valence-electron chi connectivity index (χ1n) is 10.4. The normalized spacial score (nSPS) is 23.8. The van der Waals surface area contributed by atoms with E-state index in [1.54, 1.807) is 0 Å². The van der Waals surface area contributed by atoms with Crippen molar-refractivity contribution in [2.45, 2.75) is 51.9 Å². The molecule has 4 nitrogen and oxygen atoms in total. The van der Waals surface area contributed by atoms with Crippen LogP contribution >= 0.6 is 0 Å². The number of benzene rings is 2. The summed E-state index contributed by atoms with van der Waals surface area (Å²) in [6, 6.07) is 18.1. The number of carbonyl (C=O) groups excluding carboxylic acids is 1. The highest BCUT2D eigenvalue weighted by molar-refractivity contribution is 6.04. The van der Waals surface area contributed by atoms with Crippen LogP contribution in [0.15, 0.2) is 54.6 Å². The van der Waals surface area contributed by atoms with E-state index in [2.05, 4.69) is 38.2 Å².